The number of rotatable bonds is 14. The summed E-state index contributed by atoms with van der Waals surface area (Å²) in [6.45, 7) is 4.17. The first kappa shape index (κ1) is 23.5. The van der Waals surface area contributed by atoms with Gasteiger partial charge in [0.2, 0.25) is 0 Å². The summed E-state index contributed by atoms with van der Waals surface area (Å²) in [5, 5.41) is 0. The Balaban J connectivity index is 4.21. The summed E-state index contributed by atoms with van der Waals surface area (Å²) < 4.78 is 32.3. The summed E-state index contributed by atoms with van der Waals surface area (Å²) in [5.74, 6) is -0.521. The first-order valence-corrected chi connectivity index (χ1v) is 9.67. The number of hydrogen-bond donors (Lipinski definition) is 0. The lowest BCUT2D eigenvalue weighted by atomic mass is 10.3. The summed E-state index contributed by atoms with van der Waals surface area (Å²) in [5.41, 5.74) is 0. The molecule has 0 saturated carbocycles. The molecule has 0 heterocycles. The molecule has 0 N–H and O–H groups in total. The molecule has 0 aliphatic heterocycles. The van der Waals surface area contributed by atoms with Crippen molar-refractivity contribution in [2.75, 3.05) is 54.1 Å². The minimum Gasteiger partial charge on any atom is -0.756 e. The molecular weight excluding hydrogens is 337 g/mol. The fourth-order valence-electron chi connectivity index (χ4n) is 1.66. The molecule has 2 atom stereocenters. The van der Waals surface area contributed by atoms with Crippen LogP contribution in [0.15, 0.2) is 0 Å². The number of phosphoric ester groups is 1. The van der Waals surface area contributed by atoms with Gasteiger partial charge in [0.05, 0.1) is 34.4 Å². The van der Waals surface area contributed by atoms with E-state index < -0.39 is 19.9 Å². The smallest absolute Gasteiger partial charge is 0.303 e. The van der Waals surface area contributed by atoms with Crippen molar-refractivity contribution in [2.45, 2.75) is 39.2 Å². The Labute approximate surface area is 145 Å². The molecule has 0 saturated heterocycles. The number of likely N-dealkylation sites (N-methyl/N-ethyl adjacent to an activating group) is 1. The van der Waals surface area contributed by atoms with Crippen molar-refractivity contribution in [1.29, 1.82) is 0 Å². The maximum Gasteiger partial charge on any atom is 0.303 e. The standard InChI is InChI=1S/C15H32NO7P/c1-6-7-8-10-20-12-15(23-14(2)17)13-22-24(18,19)21-11-9-16(3,4)5/h15H,6-13H2,1-5H3/t15-/m1/s1. The van der Waals surface area contributed by atoms with E-state index in [0.717, 1.165) is 19.3 Å². The number of hydrogen-bond acceptors (Lipinski definition) is 7. The molecule has 0 radical (unpaired) electrons. The van der Waals surface area contributed by atoms with Crippen LogP contribution in [0, 0.1) is 0 Å². The number of carbonyl (C=O) groups excluding carboxylic acids is 1. The summed E-state index contributed by atoms with van der Waals surface area (Å²) >= 11 is 0. The van der Waals surface area contributed by atoms with Crippen LogP contribution in [0.3, 0.4) is 0 Å². The molecule has 144 valence electrons. The van der Waals surface area contributed by atoms with E-state index in [-0.39, 0.29) is 19.8 Å². The van der Waals surface area contributed by atoms with Gasteiger partial charge in [0.1, 0.15) is 19.3 Å². The average Bonchev–Trinajstić information content (AvgIpc) is 2.42. The number of carbonyl (C=O) groups is 1. The van der Waals surface area contributed by atoms with Crippen molar-refractivity contribution in [3.8, 4) is 0 Å². The molecule has 0 amide bonds. The molecule has 0 aliphatic carbocycles. The predicted molar refractivity (Wildman–Crippen MR) is 88.3 cm³/mol. The van der Waals surface area contributed by atoms with Crippen LogP contribution in [0.2, 0.25) is 0 Å². The molecule has 0 aromatic heterocycles. The zero-order valence-corrected chi connectivity index (χ0v) is 16.4. The molecule has 0 aromatic carbocycles. The van der Waals surface area contributed by atoms with E-state index in [0.29, 0.717) is 17.6 Å². The largest absolute Gasteiger partial charge is 0.756 e. The van der Waals surface area contributed by atoms with Crippen molar-refractivity contribution in [2.24, 2.45) is 0 Å². The van der Waals surface area contributed by atoms with Gasteiger partial charge in [0.15, 0.2) is 0 Å². The Morgan fingerprint density at radius 3 is 2.33 bits per heavy atom. The molecular formula is C15H32NO7P. The highest BCUT2D eigenvalue weighted by atomic mass is 31.2. The second kappa shape index (κ2) is 12.0. The number of quaternary nitrogens is 1. The third kappa shape index (κ3) is 15.1. The van der Waals surface area contributed by atoms with Gasteiger partial charge in [0, 0.05) is 13.5 Å². The van der Waals surface area contributed by atoms with Crippen LogP contribution in [0.1, 0.15) is 33.1 Å². The van der Waals surface area contributed by atoms with Crippen LogP contribution in [0.4, 0.5) is 0 Å². The number of ether oxygens (including phenoxy) is 2. The minimum atomic E-state index is -4.43. The Morgan fingerprint density at radius 1 is 1.12 bits per heavy atom. The highest BCUT2D eigenvalue weighted by molar-refractivity contribution is 7.45. The Bertz CT molecular complexity index is 398. The minimum absolute atomic E-state index is 0.0238. The molecule has 0 fully saturated rings. The van der Waals surface area contributed by atoms with Crippen LogP contribution >= 0.6 is 7.82 Å². The third-order valence-corrected chi connectivity index (χ3v) is 3.92. The summed E-state index contributed by atoms with van der Waals surface area (Å²) in [4.78, 5) is 22.8. The third-order valence-electron chi connectivity index (χ3n) is 2.96. The summed E-state index contributed by atoms with van der Waals surface area (Å²) in [6, 6.07) is 0. The van der Waals surface area contributed by atoms with E-state index in [2.05, 4.69) is 6.92 Å². The Kier molecular flexibility index (Phi) is 11.7. The molecule has 0 aliphatic rings. The SMILES string of the molecule is CCCCCOC[C@H](COP(=O)([O-])OCC[N+](C)(C)C)OC(C)=O. The Morgan fingerprint density at radius 2 is 1.79 bits per heavy atom. The van der Waals surface area contributed by atoms with E-state index in [4.69, 9.17) is 18.5 Å². The lowest BCUT2D eigenvalue weighted by Gasteiger charge is -2.28. The molecule has 8 nitrogen and oxygen atoms in total. The molecule has 0 bridgehead atoms. The zero-order chi connectivity index (χ0) is 18.6. The second-order valence-electron chi connectivity index (χ2n) is 6.60. The Hall–Kier alpha value is -0.500. The van der Waals surface area contributed by atoms with E-state index >= 15 is 0 Å². The molecule has 24 heavy (non-hydrogen) atoms. The van der Waals surface area contributed by atoms with Gasteiger partial charge in [-0.15, -0.1) is 0 Å². The van der Waals surface area contributed by atoms with Gasteiger partial charge in [-0.2, -0.15) is 0 Å². The molecule has 9 heteroatoms. The van der Waals surface area contributed by atoms with Crippen molar-refractivity contribution >= 4 is 13.8 Å². The predicted octanol–water partition coefficient (Wildman–Crippen LogP) is 1.33. The van der Waals surface area contributed by atoms with Crippen LogP contribution in [-0.4, -0.2) is 70.7 Å². The van der Waals surface area contributed by atoms with Crippen molar-refractivity contribution in [3.05, 3.63) is 0 Å². The number of unbranched alkanes of at least 4 members (excludes halogenated alkanes) is 2. The number of nitrogens with zero attached hydrogens (tertiary/aromatic N) is 1. The summed E-state index contributed by atoms with van der Waals surface area (Å²) in [7, 11) is 1.34. The van der Waals surface area contributed by atoms with Gasteiger partial charge in [-0.05, 0) is 6.42 Å². The van der Waals surface area contributed by atoms with E-state index in [1.165, 1.54) is 6.92 Å². The first-order valence-electron chi connectivity index (χ1n) is 8.21. The van der Waals surface area contributed by atoms with E-state index in [1.807, 2.05) is 21.1 Å². The topological polar surface area (TPSA) is 94.1 Å². The van der Waals surface area contributed by atoms with Crippen molar-refractivity contribution in [1.82, 2.24) is 0 Å². The normalized spacial score (nSPS) is 15.8. The van der Waals surface area contributed by atoms with E-state index in [1.54, 1.807) is 0 Å². The molecule has 0 aromatic rings. The number of phosphoric acid groups is 1. The van der Waals surface area contributed by atoms with Gasteiger partial charge in [-0.25, -0.2) is 0 Å². The first-order chi connectivity index (χ1) is 11.1. The number of esters is 1. The summed E-state index contributed by atoms with van der Waals surface area (Å²) in [6.07, 6.45) is 2.24. The molecule has 1 unspecified atom stereocenters. The van der Waals surface area contributed by atoms with Crippen LogP contribution in [0.5, 0.6) is 0 Å². The maximum absolute atomic E-state index is 11.7. The van der Waals surface area contributed by atoms with Crippen molar-refractivity contribution in [3.63, 3.8) is 0 Å². The lowest BCUT2D eigenvalue weighted by molar-refractivity contribution is -0.870. The average molecular weight is 369 g/mol. The fraction of sp³-hybridized carbons (Fsp3) is 0.933. The highest BCUT2D eigenvalue weighted by Crippen LogP contribution is 2.38. The van der Waals surface area contributed by atoms with Gasteiger partial charge < -0.3 is 27.9 Å². The monoisotopic (exact) mass is 369 g/mol. The van der Waals surface area contributed by atoms with Crippen molar-refractivity contribution < 1.29 is 37.3 Å². The van der Waals surface area contributed by atoms with Gasteiger partial charge in [-0.1, -0.05) is 19.8 Å². The van der Waals surface area contributed by atoms with Crippen LogP contribution in [0.25, 0.3) is 0 Å². The fourth-order valence-corrected chi connectivity index (χ4v) is 2.39. The second-order valence-corrected chi connectivity index (χ2v) is 8.01. The van der Waals surface area contributed by atoms with Crippen LogP contribution < -0.4 is 4.89 Å². The quantitative estimate of drug-likeness (QED) is 0.197. The van der Waals surface area contributed by atoms with Gasteiger partial charge in [0.25, 0.3) is 7.82 Å². The van der Waals surface area contributed by atoms with E-state index in [9.17, 15) is 14.3 Å². The van der Waals surface area contributed by atoms with Crippen LogP contribution in [-0.2, 0) is 27.9 Å². The van der Waals surface area contributed by atoms with Gasteiger partial charge in [-0.3, -0.25) is 9.36 Å². The van der Waals surface area contributed by atoms with Gasteiger partial charge >= 0.3 is 5.97 Å². The molecule has 0 rings (SSSR count). The zero-order valence-electron chi connectivity index (χ0n) is 15.5. The lowest BCUT2D eigenvalue weighted by Crippen LogP contribution is -2.37. The highest BCUT2D eigenvalue weighted by Gasteiger charge is 2.19. The maximum atomic E-state index is 11.7. The molecule has 0 spiro atoms.